The highest BCUT2D eigenvalue weighted by Gasteiger charge is 2.38. The number of aliphatic hydroxyl groups excluding tert-OH is 1. The molecule has 0 atom stereocenters. The van der Waals surface area contributed by atoms with Crippen molar-refractivity contribution in [2.75, 3.05) is 25.4 Å². The molecular formula is C12H17FN2O3S. The van der Waals surface area contributed by atoms with Crippen LogP contribution in [0, 0.1) is 25.6 Å². The lowest BCUT2D eigenvalue weighted by atomic mass is 10.1. The number of nitrogens with zero attached hydrogens (tertiary/aromatic N) is 1. The van der Waals surface area contributed by atoms with Crippen LogP contribution in [0.5, 0.6) is 0 Å². The van der Waals surface area contributed by atoms with E-state index in [0.717, 1.165) is 6.07 Å². The van der Waals surface area contributed by atoms with Crippen molar-refractivity contribution in [1.82, 2.24) is 4.31 Å². The second-order valence-corrected chi connectivity index (χ2v) is 6.79. The van der Waals surface area contributed by atoms with E-state index in [2.05, 4.69) is 0 Å². The maximum atomic E-state index is 13.5. The van der Waals surface area contributed by atoms with Gasteiger partial charge in [-0.3, -0.25) is 0 Å². The number of hydrogen-bond donors (Lipinski definition) is 2. The molecule has 2 rings (SSSR count). The smallest absolute Gasteiger partial charge is 0.243 e. The summed E-state index contributed by atoms with van der Waals surface area (Å²) in [6.45, 7) is 3.59. The van der Waals surface area contributed by atoms with E-state index >= 15 is 0 Å². The fourth-order valence-corrected chi connectivity index (χ4v) is 4.33. The molecule has 1 aliphatic heterocycles. The number of halogens is 1. The minimum atomic E-state index is -3.67. The van der Waals surface area contributed by atoms with Crippen molar-refractivity contribution < 1.29 is 17.9 Å². The third kappa shape index (κ3) is 2.22. The van der Waals surface area contributed by atoms with Crippen LogP contribution in [-0.4, -0.2) is 37.5 Å². The van der Waals surface area contributed by atoms with Gasteiger partial charge in [-0.05, 0) is 31.0 Å². The summed E-state index contributed by atoms with van der Waals surface area (Å²) < 4.78 is 39.6. The first-order chi connectivity index (χ1) is 8.78. The lowest BCUT2D eigenvalue weighted by Gasteiger charge is -2.37. The summed E-state index contributed by atoms with van der Waals surface area (Å²) in [6.07, 6.45) is 0. The normalized spacial score (nSPS) is 17.5. The minimum Gasteiger partial charge on any atom is -0.396 e. The van der Waals surface area contributed by atoms with E-state index < -0.39 is 15.8 Å². The van der Waals surface area contributed by atoms with E-state index in [0.29, 0.717) is 5.56 Å². The quantitative estimate of drug-likeness (QED) is 0.799. The summed E-state index contributed by atoms with van der Waals surface area (Å²) >= 11 is 0. The van der Waals surface area contributed by atoms with Gasteiger partial charge in [0.2, 0.25) is 10.0 Å². The van der Waals surface area contributed by atoms with Gasteiger partial charge in [0, 0.05) is 25.6 Å². The first-order valence-electron chi connectivity index (χ1n) is 5.95. The second kappa shape index (κ2) is 4.73. The van der Waals surface area contributed by atoms with Crippen LogP contribution in [0.4, 0.5) is 10.1 Å². The molecule has 1 aliphatic rings. The van der Waals surface area contributed by atoms with Gasteiger partial charge >= 0.3 is 0 Å². The van der Waals surface area contributed by atoms with E-state index in [1.807, 2.05) is 0 Å². The molecule has 0 saturated carbocycles. The van der Waals surface area contributed by atoms with Crippen molar-refractivity contribution in [2.24, 2.45) is 5.92 Å². The number of anilines is 1. The van der Waals surface area contributed by atoms with Crippen LogP contribution < -0.4 is 5.73 Å². The van der Waals surface area contributed by atoms with Gasteiger partial charge in [-0.25, -0.2) is 12.8 Å². The van der Waals surface area contributed by atoms with Crippen LogP contribution in [0.15, 0.2) is 11.0 Å². The summed E-state index contributed by atoms with van der Waals surface area (Å²) in [4.78, 5) is 0.0720. The first-order valence-corrected chi connectivity index (χ1v) is 7.39. The highest BCUT2D eigenvalue weighted by Crippen LogP contribution is 2.32. The molecule has 3 N–H and O–H groups in total. The maximum Gasteiger partial charge on any atom is 0.243 e. The minimum absolute atomic E-state index is 0.0202. The van der Waals surface area contributed by atoms with Crippen molar-refractivity contribution in [3.05, 3.63) is 23.0 Å². The summed E-state index contributed by atoms with van der Waals surface area (Å²) in [6, 6.07) is 1.14. The number of hydrogen-bond acceptors (Lipinski definition) is 4. The number of benzene rings is 1. The molecule has 0 amide bonds. The summed E-state index contributed by atoms with van der Waals surface area (Å²) in [7, 11) is -3.67. The Labute approximate surface area is 111 Å². The van der Waals surface area contributed by atoms with Crippen LogP contribution in [0.25, 0.3) is 0 Å². The fraction of sp³-hybridized carbons (Fsp3) is 0.500. The average Bonchev–Trinajstić information content (AvgIpc) is 2.23. The topological polar surface area (TPSA) is 83.6 Å². The Bertz CT molecular complexity index is 610. The molecule has 0 radical (unpaired) electrons. The summed E-state index contributed by atoms with van der Waals surface area (Å²) in [5.41, 5.74) is 6.01. The Hall–Kier alpha value is -1.18. The largest absolute Gasteiger partial charge is 0.396 e. The van der Waals surface area contributed by atoms with Crippen LogP contribution in [0.1, 0.15) is 11.1 Å². The molecule has 0 unspecified atom stereocenters. The zero-order chi connectivity index (χ0) is 14.4. The van der Waals surface area contributed by atoms with Crippen LogP contribution >= 0.6 is 0 Å². The molecule has 5 nitrogen and oxygen atoms in total. The van der Waals surface area contributed by atoms with E-state index in [9.17, 15) is 12.8 Å². The Kier molecular flexibility index (Phi) is 3.55. The Morgan fingerprint density at radius 2 is 2.05 bits per heavy atom. The Morgan fingerprint density at radius 1 is 1.47 bits per heavy atom. The third-order valence-electron chi connectivity index (χ3n) is 3.48. The predicted molar refractivity (Wildman–Crippen MR) is 69.6 cm³/mol. The first kappa shape index (κ1) is 14.2. The second-order valence-electron chi connectivity index (χ2n) is 4.91. The van der Waals surface area contributed by atoms with Gasteiger partial charge in [0.25, 0.3) is 0 Å². The number of aliphatic hydroxyl groups is 1. The molecule has 0 spiro atoms. The molecule has 1 aromatic carbocycles. The molecule has 1 heterocycles. The van der Waals surface area contributed by atoms with Crippen molar-refractivity contribution in [3.63, 3.8) is 0 Å². The lowest BCUT2D eigenvalue weighted by Crippen LogP contribution is -2.51. The van der Waals surface area contributed by atoms with E-state index in [-0.39, 0.29) is 41.8 Å². The molecule has 0 aliphatic carbocycles. The zero-order valence-corrected chi connectivity index (χ0v) is 11.7. The Morgan fingerprint density at radius 3 is 2.58 bits per heavy atom. The van der Waals surface area contributed by atoms with E-state index in [1.54, 1.807) is 6.92 Å². The molecule has 1 fully saturated rings. The van der Waals surface area contributed by atoms with Gasteiger partial charge in [-0.2, -0.15) is 4.31 Å². The van der Waals surface area contributed by atoms with Gasteiger partial charge in [0.1, 0.15) is 5.82 Å². The lowest BCUT2D eigenvalue weighted by molar-refractivity contribution is 0.117. The van der Waals surface area contributed by atoms with Gasteiger partial charge in [-0.1, -0.05) is 0 Å². The van der Waals surface area contributed by atoms with E-state index in [4.69, 9.17) is 10.8 Å². The van der Waals surface area contributed by atoms with Crippen molar-refractivity contribution in [3.8, 4) is 0 Å². The molecule has 0 aromatic heterocycles. The van der Waals surface area contributed by atoms with Gasteiger partial charge < -0.3 is 10.8 Å². The average molecular weight is 288 g/mol. The number of rotatable bonds is 3. The van der Waals surface area contributed by atoms with Crippen LogP contribution in [0.2, 0.25) is 0 Å². The zero-order valence-electron chi connectivity index (χ0n) is 10.9. The molecule has 1 aromatic rings. The van der Waals surface area contributed by atoms with Crippen molar-refractivity contribution >= 4 is 15.7 Å². The molecule has 0 bridgehead atoms. The number of sulfonamides is 1. The van der Waals surface area contributed by atoms with E-state index in [1.165, 1.54) is 11.2 Å². The Balaban J connectivity index is 2.45. The summed E-state index contributed by atoms with van der Waals surface area (Å²) in [5, 5.41) is 8.94. The molecule has 19 heavy (non-hydrogen) atoms. The monoisotopic (exact) mass is 288 g/mol. The number of aryl methyl sites for hydroxylation is 1. The number of nitrogens with two attached hydrogens (primary N) is 1. The molecule has 106 valence electrons. The molecule has 1 saturated heterocycles. The highest BCUT2D eigenvalue weighted by molar-refractivity contribution is 7.89. The number of nitrogen functional groups attached to an aromatic ring is 1. The third-order valence-corrected chi connectivity index (χ3v) is 5.61. The SMILES string of the molecule is Cc1cc(F)c(N)c(C)c1S(=O)(=O)N1CC(CO)C1. The van der Waals surface area contributed by atoms with Gasteiger partial charge in [-0.15, -0.1) is 0 Å². The van der Waals surface area contributed by atoms with Crippen LogP contribution in [0.3, 0.4) is 0 Å². The fourth-order valence-electron chi connectivity index (χ4n) is 2.29. The highest BCUT2D eigenvalue weighted by atomic mass is 32.2. The van der Waals surface area contributed by atoms with Gasteiger partial charge in [0.15, 0.2) is 0 Å². The summed E-state index contributed by atoms with van der Waals surface area (Å²) in [5.74, 6) is -0.626. The van der Waals surface area contributed by atoms with Crippen LogP contribution in [-0.2, 0) is 10.0 Å². The van der Waals surface area contributed by atoms with Crippen molar-refractivity contribution in [2.45, 2.75) is 18.7 Å². The predicted octanol–water partition coefficient (Wildman–Crippen LogP) is 0.638. The molecule has 7 heteroatoms. The maximum absolute atomic E-state index is 13.5. The standard InChI is InChI=1S/C12H17FN2O3S/c1-7-3-10(13)11(14)8(2)12(7)19(17,18)15-4-9(5-15)6-16/h3,9,16H,4-6,14H2,1-2H3. The van der Waals surface area contributed by atoms with Gasteiger partial charge in [0.05, 0.1) is 10.6 Å². The molecular weight excluding hydrogens is 271 g/mol. The van der Waals surface area contributed by atoms with Crippen molar-refractivity contribution in [1.29, 1.82) is 0 Å².